The van der Waals surface area contributed by atoms with E-state index in [4.69, 9.17) is 0 Å². The van der Waals surface area contributed by atoms with Crippen molar-refractivity contribution in [3.8, 4) is 0 Å². The van der Waals surface area contributed by atoms with Gasteiger partial charge in [-0.3, -0.25) is 9.78 Å². The van der Waals surface area contributed by atoms with E-state index in [1.54, 1.807) is 18.1 Å². The molecule has 1 saturated heterocycles. The normalized spacial score (nSPS) is 18.8. The van der Waals surface area contributed by atoms with E-state index in [9.17, 15) is 13.2 Å². The summed E-state index contributed by atoms with van der Waals surface area (Å²) < 4.78 is 24.6. The molecule has 24 heavy (non-hydrogen) atoms. The van der Waals surface area contributed by atoms with Gasteiger partial charge in [0.2, 0.25) is 15.9 Å². The number of nitrogens with zero attached hydrogens (tertiary/aromatic N) is 3. The number of sulfonamides is 1. The van der Waals surface area contributed by atoms with E-state index in [1.165, 1.54) is 10.6 Å². The number of pyridine rings is 1. The van der Waals surface area contributed by atoms with Crippen LogP contribution >= 0.6 is 0 Å². The fraction of sp³-hybridized carbons (Fsp3) is 0.412. The van der Waals surface area contributed by atoms with Crippen LogP contribution in [0.1, 0.15) is 12.0 Å². The Hall–Kier alpha value is -1.99. The molecule has 1 aromatic carbocycles. The molecule has 1 unspecified atom stereocenters. The predicted molar refractivity (Wildman–Crippen MR) is 92.7 cm³/mol. The number of hydrogen-bond acceptors (Lipinski definition) is 4. The Labute approximate surface area is 142 Å². The van der Waals surface area contributed by atoms with Gasteiger partial charge in [-0.05, 0) is 18.1 Å². The second kappa shape index (κ2) is 6.49. The van der Waals surface area contributed by atoms with Crippen LogP contribution in [0.4, 0.5) is 0 Å². The van der Waals surface area contributed by atoms with E-state index in [1.807, 2.05) is 30.3 Å². The first-order valence-electron chi connectivity index (χ1n) is 7.89. The highest BCUT2D eigenvalue weighted by Gasteiger charge is 2.34. The van der Waals surface area contributed by atoms with Gasteiger partial charge in [0.05, 0.1) is 17.7 Å². The van der Waals surface area contributed by atoms with E-state index >= 15 is 0 Å². The van der Waals surface area contributed by atoms with Crippen LogP contribution in [0.15, 0.2) is 36.5 Å². The summed E-state index contributed by atoms with van der Waals surface area (Å²) >= 11 is 0. The molecule has 1 aliphatic heterocycles. The molecule has 0 aliphatic carbocycles. The number of aromatic nitrogens is 1. The summed E-state index contributed by atoms with van der Waals surface area (Å²) in [6, 6.07) is 9.80. The largest absolute Gasteiger partial charge is 0.341 e. The van der Waals surface area contributed by atoms with Gasteiger partial charge in [0.25, 0.3) is 0 Å². The molecule has 1 atom stereocenters. The number of rotatable bonds is 4. The molecular formula is C17H21N3O3S. The SMILES string of the molecule is CN(Cc1cccc2cccnc12)C(=O)C1CCN(S(C)(=O)=O)C1. The Morgan fingerprint density at radius 2 is 2.08 bits per heavy atom. The number of hydrogen-bond donors (Lipinski definition) is 0. The van der Waals surface area contributed by atoms with Crippen molar-refractivity contribution in [3.05, 3.63) is 42.1 Å². The predicted octanol–water partition coefficient (Wildman–Crippen LogP) is 1.47. The molecule has 1 aliphatic rings. The highest BCUT2D eigenvalue weighted by molar-refractivity contribution is 7.88. The Morgan fingerprint density at radius 3 is 2.79 bits per heavy atom. The molecule has 2 aromatic rings. The van der Waals surface area contributed by atoms with E-state index in [2.05, 4.69) is 4.98 Å². The maximum Gasteiger partial charge on any atom is 0.227 e. The third-order valence-corrected chi connectivity index (χ3v) is 5.74. The van der Waals surface area contributed by atoms with E-state index < -0.39 is 10.0 Å². The second-order valence-electron chi connectivity index (χ2n) is 6.29. The van der Waals surface area contributed by atoms with Gasteiger partial charge in [0.15, 0.2) is 0 Å². The number of carbonyl (C=O) groups excluding carboxylic acids is 1. The molecule has 0 N–H and O–H groups in total. The zero-order valence-corrected chi connectivity index (χ0v) is 14.7. The molecule has 0 bridgehead atoms. The maximum absolute atomic E-state index is 12.6. The number of benzene rings is 1. The van der Waals surface area contributed by atoms with Crippen LogP contribution in [0.5, 0.6) is 0 Å². The Morgan fingerprint density at radius 1 is 1.33 bits per heavy atom. The summed E-state index contributed by atoms with van der Waals surface area (Å²) in [5.74, 6) is -0.290. The lowest BCUT2D eigenvalue weighted by molar-refractivity contribution is -0.134. The first kappa shape index (κ1) is 16.9. The van der Waals surface area contributed by atoms with Crippen molar-refractivity contribution >= 4 is 26.8 Å². The summed E-state index contributed by atoms with van der Waals surface area (Å²) in [5, 5.41) is 1.04. The number of fused-ring (bicyclic) bond motifs is 1. The molecule has 2 heterocycles. The van der Waals surface area contributed by atoms with Gasteiger partial charge >= 0.3 is 0 Å². The lowest BCUT2D eigenvalue weighted by Gasteiger charge is -2.22. The van der Waals surface area contributed by atoms with Crippen molar-refractivity contribution in [1.29, 1.82) is 0 Å². The molecule has 0 saturated carbocycles. The molecule has 1 amide bonds. The van der Waals surface area contributed by atoms with Crippen molar-refractivity contribution < 1.29 is 13.2 Å². The fourth-order valence-corrected chi connectivity index (χ4v) is 4.06. The highest BCUT2D eigenvalue weighted by atomic mass is 32.2. The van der Waals surface area contributed by atoms with E-state index in [-0.39, 0.29) is 18.4 Å². The molecule has 7 heteroatoms. The van der Waals surface area contributed by atoms with Crippen LogP contribution in [0, 0.1) is 5.92 Å². The third-order valence-electron chi connectivity index (χ3n) is 4.47. The highest BCUT2D eigenvalue weighted by Crippen LogP contribution is 2.22. The molecule has 0 spiro atoms. The lowest BCUT2D eigenvalue weighted by atomic mass is 10.1. The molecule has 6 nitrogen and oxygen atoms in total. The minimum atomic E-state index is -3.23. The fourth-order valence-electron chi connectivity index (χ4n) is 3.17. The average molecular weight is 347 g/mol. The molecule has 128 valence electrons. The standard InChI is InChI=1S/C17H21N3O3S/c1-19(17(21)15-8-10-20(12-15)24(2,22)23)11-14-6-3-5-13-7-4-9-18-16(13)14/h3-7,9,15H,8,10-12H2,1-2H3. The summed E-state index contributed by atoms with van der Waals surface area (Å²) in [6.45, 7) is 1.15. The van der Waals surface area contributed by atoms with Gasteiger partial charge in [-0.2, -0.15) is 0 Å². The van der Waals surface area contributed by atoms with Gasteiger partial charge in [-0.25, -0.2) is 12.7 Å². The average Bonchev–Trinajstić information content (AvgIpc) is 3.04. The van der Waals surface area contributed by atoms with Gasteiger partial charge in [-0.1, -0.05) is 24.3 Å². The summed E-state index contributed by atoms with van der Waals surface area (Å²) in [4.78, 5) is 18.7. The van der Waals surface area contributed by atoms with E-state index in [0.29, 0.717) is 19.5 Å². The second-order valence-corrected chi connectivity index (χ2v) is 8.28. The number of amides is 1. The first-order valence-corrected chi connectivity index (χ1v) is 9.74. The third kappa shape index (κ3) is 3.42. The van der Waals surface area contributed by atoms with Crippen LogP contribution in [-0.4, -0.2) is 54.9 Å². The zero-order valence-electron chi connectivity index (χ0n) is 13.8. The van der Waals surface area contributed by atoms with Crippen molar-refractivity contribution in [2.75, 3.05) is 26.4 Å². The van der Waals surface area contributed by atoms with E-state index in [0.717, 1.165) is 16.5 Å². The van der Waals surface area contributed by atoms with Crippen LogP contribution in [0.2, 0.25) is 0 Å². The van der Waals surface area contributed by atoms with Gasteiger partial charge in [-0.15, -0.1) is 0 Å². The molecule has 3 rings (SSSR count). The Bertz CT molecular complexity index is 861. The lowest BCUT2D eigenvalue weighted by Crippen LogP contribution is -2.35. The van der Waals surface area contributed by atoms with Crippen LogP contribution in [0.3, 0.4) is 0 Å². The summed E-state index contributed by atoms with van der Waals surface area (Å²) in [6.07, 6.45) is 3.50. The minimum absolute atomic E-state index is 0.0194. The van der Waals surface area contributed by atoms with Gasteiger partial charge in [0.1, 0.15) is 0 Å². The molecule has 1 fully saturated rings. The van der Waals surface area contributed by atoms with Crippen molar-refractivity contribution in [2.45, 2.75) is 13.0 Å². The number of carbonyl (C=O) groups is 1. The summed E-state index contributed by atoms with van der Waals surface area (Å²) in [7, 11) is -1.47. The van der Waals surface area contributed by atoms with Crippen molar-refractivity contribution in [2.24, 2.45) is 5.92 Å². The zero-order chi connectivity index (χ0) is 17.3. The summed E-state index contributed by atoms with van der Waals surface area (Å²) in [5.41, 5.74) is 1.88. The maximum atomic E-state index is 12.6. The van der Waals surface area contributed by atoms with Gasteiger partial charge < -0.3 is 4.90 Å². The van der Waals surface area contributed by atoms with Crippen molar-refractivity contribution in [1.82, 2.24) is 14.2 Å². The van der Waals surface area contributed by atoms with Crippen LogP contribution in [-0.2, 0) is 21.4 Å². The smallest absolute Gasteiger partial charge is 0.227 e. The monoisotopic (exact) mass is 347 g/mol. The minimum Gasteiger partial charge on any atom is -0.341 e. The molecule has 1 aromatic heterocycles. The van der Waals surface area contributed by atoms with Gasteiger partial charge in [0, 0.05) is 38.3 Å². The topological polar surface area (TPSA) is 70.6 Å². The number of para-hydroxylation sites is 1. The Balaban J connectivity index is 1.73. The molecule has 0 radical (unpaired) electrons. The van der Waals surface area contributed by atoms with Crippen molar-refractivity contribution in [3.63, 3.8) is 0 Å². The quantitative estimate of drug-likeness (QED) is 0.840. The van der Waals surface area contributed by atoms with Crippen LogP contribution in [0.25, 0.3) is 10.9 Å². The molecular weight excluding hydrogens is 326 g/mol. The van der Waals surface area contributed by atoms with Crippen LogP contribution < -0.4 is 0 Å². The Kier molecular flexibility index (Phi) is 4.56. The first-order chi connectivity index (χ1) is 11.4.